The second-order valence-electron chi connectivity index (χ2n) is 5.78. The number of carbonyl (C=O) groups excluding carboxylic acids is 1. The van der Waals surface area contributed by atoms with Crippen molar-refractivity contribution in [3.63, 3.8) is 0 Å². The molecule has 0 unspecified atom stereocenters. The van der Waals surface area contributed by atoms with Gasteiger partial charge in [0.2, 0.25) is 0 Å². The molecule has 3 nitrogen and oxygen atoms in total. The molecular formula is C21H21IO3. The largest absolute Gasteiger partial charge is 0.458 e. The minimum absolute atomic E-state index is 0.418. The van der Waals surface area contributed by atoms with E-state index >= 15 is 0 Å². The third-order valence-electron chi connectivity index (χ3n) is 3.85. The molecule has 0 aliphatic rings. The van der Waals surface area contributed by atoms with Gasteiger partial charge in [-0.1, -0.05) is 24.8 Å². The normalized spacial score (nSPS) is 11.6. The predicted molar refractivity (Wildman–Crippen MR) is 109 cm³/mol. The number of benzene rings is 2. The Morgan fingerprint density at radius 1 is 1.00 bits per heavy atom. The van der Waals surface area contributed by atoms with Crippen LogP contribution in [0.25, 0.3) is 11.1 Å². The van der Waals surface area contributed by atoms with Gasteiger partial charge in [0.05, 0.1) is 0 Å². The van der Waals surface area contributed by atoms with Gasteiger partial charge >= 0.3 is 5.97 Å². The number of carbonyl (C=O) groups is 1. The Morgan fingerprint density at radius 3 is 2.16 bits per heavy atom. The number of esters is 1. The molecule has 0 amide bonds. The quantitative estimate of drug-likeness (QED) is 0.246. The number of hydrogen-bond donors (Lipinski definition) is 0. The molecule has 0 aliphatic carbocycles. The van der Waals surface area contributed by atoms with Crippen molar-refractivity contribution >= 4 is 28.6 Å². The summed E-state index contributed by atoms with van der Waals surface area (Å²) in [6.45, 7) is 10.9. The van der Waals surface area contributed by atoms with Crippen LogP contribution >= 0.6 is 22.6 Å². The van der Waals surface area contributed by atoms with E-state index in [1.807, 2.05) is 19.1 Å². The molecule has 0 saturated heterocycles. The van der Waals surface area contributed by atoms with E-state index < -0.39 is 5.97 Å². The van der Waals surface area contributed by atoms with Crippen molar-refractivity contribution in [1.29, 1.82) is 0 Å². The maximum Gasteiger partial charge on any atom is 0.335 e. The van der Waals surface area contributed by atoms with E-state index in [2.05, 4.69) is 60.4 Å². The van der Waals surface area contributed by atoms with Gasteiger partial charge in [0, 0.05) is 9.65 Å². The summed E-state index contributed by atoms with van der Waals surface area (Å²) in [5.74, 6) is 1.19. The first kappa shape index (κ1) is 19.2. The Balaban J connectivity index is 2.24. The molecule has 2 aromatic carbocycles. The zero-order valence-corrected chi connectivity index (χ0v) is 17.0. The summed E-state index contributed by atoms with van der Waals surface area (Å²) < 4.78 is 12.2. The van der Waals surface area contributed by atoms with Crippen LogP contribution in [-0.2, 0) is 9.53 Å². The molecule has 0 heterocycles. The molecule has 0 radical (unpaired) electrons. The minimum Gasteiger partial charge on any atom is -0.458 e. The zero-order chi connectivity index (χ0) is 18.6. The molecule has 0 atom stereocenters. The minimum atomic E-state index is -0.499. The van der Waals surface area contributed by atoms with Crippen LogP contribution in [0.1, 0.15) is 25.0 Å². The van der Waals surface area contributed by atoms with Crippen molar-refractivity contribution in [3.05, 3.63) is 75.3 Å². The average Bonchev–Trinajstić information content (AvgIpc) is 2.58. The second kappa shape index (κ2) is 8.34. The Hall–Kier alpha value is -2.08. The van der Waals surface area contributed by atoms with Crippen LogP contribution in [0.4, 0.5) is 0 Å². The molecule has 0 spiro atoms. The number of hydrogen-bond acceptors (Lipinski definition) is 3. The van der Waals surface area contributed by atoms with Crippen LogP contribution in [0.15, 0.2) is 60.6 Å². The number of halogens is 1. The molecule has 25 heavy (non-hydrogen) atoms. The molecule has 0 aliphatic heterocycles. The van der Waals surface area contributed by atoms with Crippen molar-refractivity contribution < 1.29 is 14.3 Å². The van der Waals surface area contributed by atoms with Gasteiger partial charge in [-0.3, -0.25) is 0 Å². The molecule has 130 valence electrons. The van der Waals surface area contributed by atoms with Crippen LogP contribution in [0.3, 0.4) is 0 Å². The number of aryl methyl sites for hydroxylation is 2. The van der Waals surface area contributed by atoms with Crippen molar-refractivity contribution in [3.8, 4) is 16.9 Å². The lowest BCUT2D eigenvalue weighted by Gasteiger charge is -2.13. The van der Waals surface area contributed by atoms with Gasteiger partial charge in [-0.05, 0) is 90.7 Å². The summed E-state index contributed by atoms with van der Waals surface area (Å²) in [6, 6.07) is 12.5. The first-order chi connectivity index (χ1) is 11.8. The van der Waals surface area contributed by atoms with Gasteiger partial charge in [-0.15, -0.1) is 0 Å². The smallest absolute Gasteiger partial charge is 0.335 e. The molecule has 2 aromatic rings. The van der Waals surface area contributed by atoms with Crippen molar-refractivity contribution in [2.45, 2.75) is 27.7 Å². The maximum absolute atomic E-state index is 11.3. The summed E-state index contributed by atoms with van der Waals surface area (Å²) in [4.78, 5) is 11.3. The lowest BCUT2D eigenvalue weighted by Crippen LogP contribution is -2.03. The summed E-state index contributed by atoms with van der Waals surface area (Å²) in [5.41, 5.74) is 4.59. The molecular weight excluding hydrogens is 427 g/mol. The Morgan fingerprint density at radius 2 is 1.60 bits per heavy atom. The van der Waals surface area contributed by atoms with Gasteiger partial charge in [-0.2, -0.15) is 0 Å². The van der Waals surface area contributed by atoms with E-state index in [0.717, 1.165) is 23.0 Å². The summed E-state index contributed by atoms with van der Waals surface area (Å²) in [5, 5.41) is 0. The molecule has 0 saturated carbocycles. The van der Waals surface area contributed by atoms with Crippen LogP contribution in [0, 0.1) is 17.4 Å². The standard InChI is InChI=1S/C21H21IO3/c1-6-21(23)25-16(5)15(4)24-20-10-8-18(12-14(20)3)17-7-9-19(22)13(2)11-17/h6-12H,1H2,2-5H3/b16-15+. The SMILES string of the molecule is C=CC(=O)O/C(C)=C(\C)Oc1ccc(-c2ccc(I)c(C)c2)cc1C. The van der Waals surface area contributed by atoms with Crippen molar-refractivity contribution in [1.82, 2.24) is 0 Å². The lowest BCUT2D eigenvalue weighted by atomic mass is 10.0. The lowest BCUT2D eigenvalue weighted by molar-refractivity contribution is -0.133. The summed E-state index contributed by atoms with van der Waals surface area (Å²) in [6.07, 6.45) is 1.12. The van der Waals surface area contributed by atoms with Crippen molar-refractivity contribution in [2.75, 3.05) is 0 Å². The van der Waals surface area contributed by atoms with E-state index in [9.17, 15) is 4.79 Å². The van der Waals surface area contributed by atoms with Crippen molar-refractivity contribution in [2.24, 2.45) is 0 Å². The van der Waals surface area contributed by atoms with Gasteiger partial charge in [0.15, 0.2) is 0 Å². The van der Waals surface area contributed by atoms with Gasteiger partial charge in [-0.25, -0.2) is 4.79 Å². The third kappa shape index (κ3) is 4.95. The predicted octanol–water partition coefficient (Wildman–Crippen LogP) is 5.93. The zero-order valence-electron chi connectivity index (χ0n) is 14.9. The fourth-order valence-corrected chi connectivity index (χ4v) is 2.60. The van der Waals surface area contributed by atoms with Crippen LogP contribution < -0.4 is 4.74 Å². The van der Waals surface area contributed by atoms with Crippen LogP contribution in [-0.4, -0.2) is 5.97 Å². The number of rotatable bonds is 5. The van der Waals surface area contributed by atoms with Gasteiger partial charge < -0.3 is 9.47 Å². The number of allylic oxidation sites excluding steroid dienone is 2. The van der Waals surface area contributed by atoms with E-state index in [1.165, 1.54) is 14.7 Å². The van der Waals surface area contributed by atoms with Crippen LogP contribution in [0.2, 0.25) is 0 Å². The molecule has 2 rings (SSSR count). The van der Waals surface area contributed by atoms with E-state index in [0.29, 0.717) is 11.5 Å². The molecule has 4 heteroatoms. The number of ether oxygens (including phenoxy) is 2. The van der Waals surface area contributed by atoms with E-state index in [1.54, 1.807) is 13.8 Å². The van der Waals surface area contributed by atoms with Crippen LogP contribution in [0.5, 0.6) is 5.75 Å². The summed E-state index contributed by atoms with van der Waals surface area (Å²) in [7, 11) is 0. The highest BCUT2D eigenvalue weighted by Gasteiger charge is 2.09. The fourth-order valence-electron chi connectivity index (χ4n) is 2.27. The van der Waals surface area contributed by atoms with E-state index in [4.69, 9.17) is 9.47 Å². The van der Waals surface area contributed by atoms with Gasteiger partial charge in [0.1, 0.15) is 17.3 Å². The topological polar surface area (TPSA) is 35.5 Å². The third-order valence-corrected chi connectivity index (χ3v) is 5.06. The first-order valence-electron chi connectivity index (χ1n) is 7.88. The Labute approximate surface area is 162 Å². The first-order valence-corrected chi connectivity index (χ1v) is 8.96. The highest BCUT2D eigenvalue weighted by molar-refractivity contribution is 14.1. The fraction of sp³-hybridized carbons (Fsp3) is 0.190. The maximum atomic E-state index is 11.3. The van der Waals surface area contributed by atoms with E-state index in [-0.39, 0.29) is 0 Å². The molecule has 0 bridgehead atoms. The highest BCUT2D eigenvalue weighted by Crippen LogP contribution is 2.29. The Bertz CT molecular complexity index is 850. The monoisotopic (exact) mass is 448 g/mol. The molecule has 0 fully saturated rings. The molecule has 0 N–H and O–H groups in total. The summed E-state index contributed by atoms with van der Waals surface area (Å²) >= 11 is 2.34. The van der Waals surface area contributed by atoms with Gasteiger partial charge in [0.25, 0.3) is 0 Å². The average molecular weight is 448 g/mol. The Kier molecular flexibility index (Phi) is 6.42. The highest BCUT2D eigenvalue weighted by atomic mass is 127. The molecule has 0 aromatic heterocycles. The second-order valence-corrected chi connectivity index (χ2v) is 6.95.